The zero-order valence-electron chi connectivity index (χ0n) is 15.2. The van der Waals surface area contributed by atoms with Crippen LogP contribution in [0.3, 0.4) is 0 Å². The first-order valence-corrected chi connectivity index (χ1v) is 9.06. The Balaban J connectivity index is 1.89. The van der Waals surface area contributed by atoms with Crippen LogP contribution in [0.15, 0.2) is 24.3 Å². The minimum absolute atomic E-state index is 0.193. The minimum atomic E-state index is -1.27. The lowest BCUT2D eigenvalue weighted by molar-refractivity contribution is -0.254. The SMILES string of the molecule is C[C@H]1C[C@H](C)[C@H]2N(C1)c1ccccc1CC21C(=O)OC(C)(C)OC1=O. The molecule has 3 atom stereocenters. The second kappa shape index (κ2) is 5.23. The van der Waals surface area contributed by atoms with Crippen molar-refractivity contribution in [3.05, 3.63) is 29.8 Å². The van der Waals surface area contributed by atoms with Crippen LogP contribution in [0.25, 0.3) is 0 Å². The Morgan fingerprint density at radius 3 is 2.40 bits per heavy atom. The summed E-state index contributed by atoms with van der Waals surface area (Å²) in [6.45, 7) is 8.39. The summed E-state index contributed by atoms with van der Waals surface area (Å²) in [6, 6.07) is 7.82. The topological polar surface area (TPSA) is 55.8 Å². The van der Waals surface area contributed by atoms with Crippen LogP contribution in [0, 0.1) is 17.3 Å². The fourth-order valence-corrected chi connectivity index (χ4v) is 5.06. The lowest BCUT2D eigenvalue weighted by atomic mass is 9.63. The monoisotopic (exact) mass is 343 g/mol. The van der Waals surface area contributed by atoms with Crippen molar-refractivity contribution in [2.45, 2.75) is 52.4 Å². The third-order valence-corrected chi connectivity index (χ3v) is 5.84. The second-order valence-electron chi connectivity index (χ2n) is 8.37. The minimum Gasteiger partial charge on any atom is -0.422 e. The van der Waals surface area contributed by atoms with Crippen LogP contribution in [0.1, 0.15) is 39.7 Å². The van der Waals surface area contributed by atoms with Gasteiger partial charge in [-0.25, -0.2) is 0 Å². The van der Waals surface area contributed by atoms with E-state index < -0.39 is 23.1 Å². The molecule has 3 heterocycles. The van der Waals surface area contributed by atoms with Gasteiger partial charge in [0.1, 0.15) is 0 Å². The van der Waals surface area contributed by atoms with E-state index in [2.05, 4.69) is 24.8 Å². The maximum atomic E-state index is 13.1. The van der Waals surface area contributed by atoms with Crippen molar-refractivity contribution in [1.82, 2.24) is 0 Å². The molecule has 3 aliphatic rings. The molecule has 0 saturated carbocycles. The highest BCUT2D eigenvalue weighted by atomic mass is 16.7. The van der Waals surface area contributed by atoms with E-state index in [0.717, 1.165) is 24.2 Å². The van der Waals surface area contributed by atoms with Gasteiger partial charge >= 0.3 is 11.9 Å². The van der Waals surface area contributed by atoms with Crippen LogP contribution in [0.2, 0.25) is 0 Å². The van der Waals surface area contributed by atoms with Crippen LogP contribution in [0.4, 0.5) is 5.69 Å². The number of rotatable bonds is 0. The van der Waals surface area contributed by atoms with E-state index in [9.17, 15) is 9.59 Å². The third kappa shape index (κ3) is 2.28. The molecule has 0 N–H and O–H groups in total. The van der Waals surface area contributed by atoms with Gasteiger partial charge in [-0.15, -0.1) is 0 Å². The molecule has 0 aromatic heterocycles. The Labute approximate surface area is 148 Å². The number of para-hydroxylation sites is 1. The van der Waals surface area contributed by atoms with Gasteiger partial charge in [0, 0.05) is 32.5 Å². The van der Waals surface area contributed by atoms with Crippen molar-refractivity contribution in [2.75, 3.05) is 11.4 Å². The van der Waals surface area contributed by atoms with E-state index >= 15 is 0 Å². The van der Waals surface area contributed by atoms with Gasteiger partial charge < -0.3 is 14.4 Å². The summed E-state index contributed by atoms with van der Waals surface area (Å²) in [7, 11) is 0. The normalized spacial score (nSPS) is 32.5. The molecule has 0 amide bonds. The molecular weight excluding hydrogens is 318 g/mol. The molecule has 1 aromatic rings. The number of ether oxygens (including phenoxy) is 2. The van der Waals surface area contributed by atoms with Gasteiger partial charge in [0.2, 0.25) is 0 Å². The highest BCUT2D eigenvalue weighted by Crippen LogP contribution is 2.51. The molecule has 4 rings (SSSR count). The van der Waals surface area contributed by atoms with Crippen LogP contribution in [-0.2, 0) is 25.5 Å². The van der Waals surface area contributed by atoms with Crippen molar-refractivity contribution in [3.8, 4) is 0 Å². The molecule has 0 aliphatic carbocycles. The number of anilines is 1. The summed E-state index contributed by atoms with van der Waals surface area (Å²) >= 11 is 0. The highest BCUT2D eigenvalue weighted by Gasteiger charge is 2.65. The number of cyclic esters (lactones) is 2. The van der Waals surface area contributed by atoms with Gasteiger partial charge in [0.15, 0.2) is 5.41 Å². The summed E-state index contributed by atoms with van der Waals surface area (Å²) in [5.74, 6) is -1.40. The molecule has 3 aliphatic heterocycles. The zero-order valence-corrected chi connectivity index (χ0v) is 15.2. The average Bonchev–Trinajstić information content (AvgIpc) is 2.51. The number of piperidine rings is 1. The standard InChI is InChI=1S/C20H25NO4/c1-12-9-13(2)16-20(17(22)24-19(3,4)25-18(20)23)10-14-7-5-6-8-15(14)21(16)11-12/h5-8,12-13,16H,9-11H2,1-4H3/t12-,13-,16+/m0/s1. The molecular formula is C20H25NO4. The van der Waals surface area contributed by atoms with Crippen LogP contribution in [0.5, 0.6) is 0 Å². The number of benzene rings is 1. The number of hydrogen-bond acceptors (Lipinski definition) is 5. The molecule has 2 saturated heterocycles. The number of hydrogen-bond donors (Lipinski definition) is 0. The largest absolute Gasteiger partial charge is 0.422 e. The van der Waals surface area contributed by atoms with Crippen LogP contribution in [-0.4, -0.2) is 30.3 Å². The van der Waals surface area contributed by atoms with E-state index in [1.165, 1.54) is 0 Å². The highest BCUT2D eigenvalue weighted by molar-refractivity contribution is 6.04. The Morgan fingerprint density at radius 1 is 1.08 bits per heavy atom. The summed E-state index contributed by atoms with van der Waals surface area (Å²) in [5, 5.41) is 0. The predicted molar refractivity (Wildman–Crippen MR) is 92.9 cm³/mol. The average molecular weight is 343 g/mol. The Hall–Kier alpha value is -2.04. The van der Waals surface area contributed by atoms with Gasteiger partial charge in [-0.05, 0) is 29.9 Å². The summed E-state index contributed by atoms with van der Waals surface area (Å²) < 4.78 is 11.1. The molecule has 134 valence electrons. The molecule has 5 nitrogen and oxygen atoms in total. The quantitative estimate of drug-likeness (QED) is 0.535. The summed E-state index contributed by atoms with van der Waals surface area (Å²) in [5.41, 5.74) is 0.860. The van der Waals surface area contributed by atoms with Gasteiger partial charge in [0.25, 0.3) is 5.79 Å². The fourth-order valence-electron chi connectivity index (χ4n) is 5.06. The van der Waals surface area contributed by atoms with Crippen molar-refractivity contribution in [1.29, 1.82) is 0 Å². The van der Waals surface area contributed by atoms with Crippen molar-refractivity contribution in [2.24, 2.45) is 17.3 Å². The summed E-state index contributed by atoms with van der Waals surface area (Å²) in [4.78, 5) is 28.5. The molecule has 1 aromatic carbocycles. The van der Waals surface area contributed by atoms with Gasteiger partial charge in [-0.3, -0.25) is 9.59 Å². The molecule has 25 heavy (non-hydrogen) atoms. The Morgan fingerprint density at radius 2 is 1.72 bits per heavy atom. The van der Waals surface area contributed by atoms with Crippen molar-refractivity contribution < 1.29 is 19.1 Å². The van der Waals surface area contributed by atoms with Crippen LogP contribution >= 0.6 is 0 Å². The molecule has 0 unspecified atom stereocenters. The maximum absolute atomic E-state index is 13.1. The van der Waals surface area contributed by atoms with E-state index in [-0.39, 0.29) is 12.0 Å². The van der Waals surface area contributed by atoms with Crippen molar-refractivity contribution >= 4 is 17.6 Å². The lowest BCUT2D eigenvalue weighted by Crippen LogP contribution is -2.69. The predicted octanol–water partition coefficient (Wildman–Crippen LogP) is 2.92. The first-order chi connectivity index (χ1) is 11.7. The number of fused-ring (bicyclic) bond motifs is 4. The number of esters is 2. The molecule has 2 fully saturated rings. The molecule has 0 bridgehead atoms. The number of carbonyl (C=O) groups excluding carboxylic acids is 2. The first kappa shape index (κ1) is 16.4. The smallest absolute Gasteiger partial charge is 0.329 e. The van der Waals surface area contributed by atoms with Crippen molar-refractivity contribution in [3.63, 3.8) is 0 Å². The van der Waals surface area contributed by atoms with Gasteiger partial charge in [0.05, 0.1) is 6.04 Å². The zero-order chi connectivity index (χ0) is 18.0. The Bertz CT molecular complexity index is 721. The van der Waals surface area contributed by atoms with E-state index in [1.807, 2.05) is 18.2 Å². The van der Waals surface area contributed by atoms with Gasteiger partial charge in [-0.1, -0.05) is 32.0 Å². The van der Waals surface area contributed by atoms with E-state index in [1.54, 1.807) is 13.8 Å². The lowest BCUT2D eigenvalue weighted by Gasteiger charge is -2.56. The fraction of sp³-hybridized carbons (Fsp3) is 0.600. The van der Waals surface area contributed by atoms with Gasteiger partial charge in [-0.2, -0.15) is 0 Å². The molecule has 5 heteroatoms. The Kier molecular flexibility index (Phi) is 3.44. The number of carbonyl (C=O) groups is 2. The number of nitrogens with zero attached hydrogens (tertiary/aromatic N) is 1. The second-order valence-corrected chi connectivity index (χ2v) is 8.37. The molecule has 0 radical (unpaired) electrons. The maximum Gasteiger partial charge on any atom is 0.329 e. The third-order valence-electron chi connectivity index (χ3n) is 5.84. The van der Waals surface area contributed by atoms with Crippen LogP contribution < -0.4 is 4.90 Å². The summed E-state index contributed by atoms with van der Waals surface area (Å²) in [6.07, 6.45) is 1.33. The first-order valence-electron chi connectivity index (χ1n) is 9.06. The van der Waals surface area contributed by atoms with E-state index in [0.29, 0.717) is 12.3 Å². The molecule has 1 spiro atoms. The van der Waals surface area contributed by atoms with E-state index in [4.69, 9.17) is 9.47 Å².